The molecule has 0 radical (unpaired) electrons. The van der Waals surface area contributed by atoms with E-state index in [0.29, 0.717) is 5.95 Å². The molecule has 0 spiro atoms. The highest BCUT2D eigenvalue weighted by molar-refractivity contribution is 7.87. The van der Waals surface area contributed by atoms with Crippen molar-refractivity contribution in [1.29, 1.82) is 0 Å². The zero-order valence-corrected chi connectivity index (χ0v) is 17.2. The highest BCUT2D eigenvalue weighted by Gasteiger charge is 2.19. The van der Waals surface area contributed by atoms with Crippen molar-refractivity contribution in [3.63, 3.8) is 0 Å². The van der Waals surface area contributed by atoms with Crippen LogP contribution in [0.15, 0.2) is 43.1 Å². The molecule has 1 heterocycles. The fourth-order valence-corrected chi connectivity index (χ4v) is 2.39. The summed E-state index contributed by atoms with van der Waals surface area (Å²) in [5.41, 5.74) is 2.61. The van der Waals surface area contributed by atoms with Gasteiger partial charge in [-0.1, -0.05) is 12.1 Å². The molecule has 0 bridgehead atoms. The summed E-state index contributed by atoms with van der Waals surface area (Å²) >= 11 is 0. The quantitative estimate of drug-likeness (QED) is 0.664. The second-order valence-electron chi connectivity index (χ2n) is 6.57. The van der Waals surface area contributed by atoms with E-state index in [9.17, 15) is 4.21 Å². The lowest BCUT2D eigenvalue weighted by molar-refractivity contribution is 0.653. The van der Waals surface area contributed by atoms with Gasteiger partial charge in [0.1, 0.15) is 16.8 Å². The van der Waals surface area contributed by atoms with Crippen molar-refractivity contribution < 1.29 is 4.21 Å². The third-order valence-electron chi connectivity index (χ3n) is 3.09. The lowest BCUT2D eigenvalue weighted by Gasteiger charge is -2.19. The Hall–Kier alpha value is -2.41. The van der Waals surface area contributed by atoms with Crippen LogP contribution < -0.4 is 15.4 Å². The van der Waals surface area contributed by atoms with Crippen LogP contribution in [0.5, 0.6) is 0 Å². The molecule has 26 heavy (non-hydrogen) atoms. The maximum Gasteiger partial charge on any atom is 0.224 e. The van der Waals surface area contributed by atoms with Gasteiger partial charge in [0.15, 0.2) is 0 Å². The number of nitrogens with zero attached hydrogens (tertiary/aromatic N) is 2. The molecule has 0 amide bonds. The lowest BCUT2D eigenvalue weighted by Crippen LogP contribution is -2.27. The van der Waals surface area contributed by atoms with Crippen LogP contribution in [0.1, 0.15) is 33.3 Å². The molecule has 0 aliphatic rings. The van der Waals surface area contributed by atoms with Crippen molar-refractivity contribution in [2.24, 2.45) is 0 Å². The van der Waals surface area contributed by atoms with E-state index in [1.54, 1.807) is 19.3 Å². The molecule has 1 unspecified atom stereocenters. The molecule has 6 nitrogen and oxygen atoms in total. The van der Waals surface area contributed by atoms with Crippen molar-refractivity contribution in [2.75, 3.05) is 22.4 Å². The number of anilines is 4. The Kier molecular flexibility index (Phi) is 8.25. The zero-order valence-electron chi connectivity index (χ0n) is 16.4. The van der Waals surface area contributed by atoms with Gasteiger partial charge in [0.25, 0.3) is 0 Å². The largest absolute Gasteiger partial charge is 0.357 e. The number of aromatic nitrogens is 2. The van der Waals surface area contributed by atoms with Crippen LogP contribution in [0.2, 0.25) is 0 Å². The number of hydrogen-bond donors (Lipinski definition) is 3. The summed E-state index contributed by atoms with van der Waals surface area (Å²) in [6.45, 7) is 13.0. The Morgan fingerprint density at radius 1 is 1.23 bits per heavy atom. The first kappa shape index (κ1) is 21.6. The van der Waals surface area contributed by atoms with Crippen molar-refractivity contribution >= 4 is 34.1 Å². The third kappa shape index (κ3) is 6.84. The minimum atomic E-state index is -1.17. The standard InChI is InChI=1S/C16H23N5OS.C3H6/c1-11-10-18-15(17-5)20-14(11)19-12-7-6-8-13(9-12)21-23(22)16(2,3)4;1-3-2/h6-10,21H,1-5H3,(H2,17,18,19,20);3H,1H2,2H3. The summed E-state index contributed by atoms with van der Waals surface area (Å²) < 4.78 is 14.9. The maximum atomic E-state index is 12.2. The first-order valence-corrected chi connectivity index (χ1v) is 9.50. The normalized spacial score (nSPS) is 11.6. The van der Waals surface area contributed by atoms with E-state index in [-0.39, 0.29) is 4.75 Å². The zero-order chi connectivity index (χ0) is 19.7. The smallest absolute Gasteiger partial charge is 0.224 e. The fourth-order valence-electron chi connectivity index (χ4n) is 1.75. The molecule has 2 rings (SSSR count). The van der Waals surface area contributed by atoms with Gasteiger partial charge in [-0.05, 0) is 52.8 Å². The molecule has 0 saturated carbocycles. The van der Waals surface area contributed by atoms with E-state index in [0.717, 1.165) is 22.8 Å². The molecule has 7 heteroatoms. The Bertz CT molecular complexity index is 756. The summed E-state index contributed by atoms with van der Waals surface area (Å²) in [6, 6.07) is 7.64. The van der Waals surface area contributed by atoms with Crippen LogP contribution in [-0.2, 0) is 11.0 Å². The van der Waals surface area contributed by atoms with Gasteiger partial charge in [-0.3, -0.25) is 0 Å². The van der Waals surface area contributed by atoms with Gasteiger partial charge >= 0.3 is 0 Å². The lowest BCUT2D eigenvalue weighted by atomic mass is 10.2. The predicted octanol–water partition coefficient (Wildman–Crippen LogP) is 4.64. The monoisotopic (exact) mass is 375 g/mol. The van der Waals surface area contributed by atoms with E-state index < -0.39 is 11.0 Å². The first-order chi connectivity index (χ1) is 12.2. The van der Waals surface area contributed by atoms with Gasteiger partial charge in [-0.25, -0.2) is 9.19 Å². The summed E-state index contributed by atoms with van der Waals surface area (Å²) in [5, 5.41) is 6.19. The molecular weight excluding hydrogens is 346 g/mol. The van der Waals surface area contributed by atoms with Gasteiger partial charge in [0, 0.05) is 30.2 Å². The Morgan fingerprint density at radius 2 is 1.85 bits per heavy atom. The van der Waals surface area contributed by atoms with Gasteiger partial charge in [-0.15, -0.1) is 6.58 Å². The van der Waals surface area contributed by atoms with Gasteiger partial charge in [-0.2, -0.15) is 4.98 Å². The van der Waals surface area contributed by atoms with E-state index >= 15 is 0 Å². The molecule has 0 fully saturated rings. The number of aryl methyl sites for hydroxylation is 1. The number of nitrogens with one attached hydrogen (secondary N) is 3. The van der Waals surface area contributed by atoms with Crippen LogP contribution in [0, 0.1) is 6.92 Å². The second kappa shape index (κ2) is 9.91. The molecule has 1 aromatic heterocycles. The minimum absolute atomic E-state index is 0.325. The molecule has 3 N–H and O–H groups in total. The SMILES string of the molecule is C=CC.CNc1ncc(C)c(Nc2cccc(NS(=O)C(C)(C)C)c2)n1. The van der Waals surface area contributed by atoms with Crippen LogP contribution in [-0.4, -0.2) is 26.0 Å². The number of hydrogen-bond acceptors (Lipinski definition) is 5. The van der Waals surface area contributed by atoms with Crippen LogP contribution in [0.4, 0.5) is 23.1 Å². The number of benzene rings is 1. The van der Waals surface area contributed by atoms with Crippen LogP contribution >= 0.6 is 0 Å². The second-order valence-corrected chi connectivity index (χ2v) is 8.54. The minimum Gasteiger partial charge on any atom is -0.357 e. The average Bonchev–Trinajstić information content (AvgIpc) is 2.57. The molecule has 142 valence electrons. The van der Waals surface area contributed by atoms with Crippen LogP contribution in [0.3, 0.4) is 0 Å². The predicted molar refractivity (Wildman–Crippen MR) is 113 cm³/mol. The average molecular weight is 376 g/mol. The molecule has 0 aliphatic heterocycles. The summed E-state index contributed by atoms with van der Waals surface area (Å²) in [4.78, 5) is 8.57. The van der Waals surface area contributed by atoms with Crippen molar-refractivity contribution in [3.8, 4) is 0 Å². The molecule has 0 saturated heterocycles. The highest BCUT2D eigenvalue weighted by Crippen LogP contribution is 2.23. The van der Waals surface area contributed by atoms with E-state index in [2.05, 4.69) is 31.9 Å². The molecule has 0 aliphatic carbocycles. The first-order valence-electron chi connectivity index (χ1n) is 8.35. The van der Waals surface area contributed by atoms with E-state index in [1.165, 1.54) is 0 Å². The van der Waals surface area contributed by atoms with Gasteiger partial charge in [0.05, 0.1) is 4.75 Å². The third-order valence-corrected chi connectivity index (χ3v) is 4.62. The topological polar surface area (TPSA) is 78.9 Å². The van der Waals surface area contributed by atoms with E-state index in [1.807, 2.05) is 58.9 Å². The Morgan fingerprint density at radius 3 is 2.42 bits per heavy atom. The molecular formula is C19H29N5OS. The molecule has 1 atom stereocenters. The fraction of sp³-hybridized carbons (Fsp3) is 0.368. The van der Waals surface area contributed by atoms with Crippen molar-refractivity contribution in [3.05, 3.63) is 48.7 Å². The van der Waals surface area contributed by atoms with Crippen molar-refractivity contribution in [1.82, 2.24) is 9.97 Å². The van der Waals surface area contributed by atoms with E-state index in [4.69, 9.17) is 0 Å². The summed E-state index contributed by atoms with van der Waals surface area (Å²) in [7, 11) is 0.613. The van der Waals surface area contributed by atoms with Crippen molar-refractivity contribution in [2.45, 2.75) is 39.4 Å². The van der Waals surface area contributed by atoms with Gasteiger partial charge in [0.2, 0.25) is 5.95 Å². The highest BCUT2D eigenvalue weighted by atomic mass is 32.2. The molecule has 2 aromatic rings. The molecule has 1 aromatic carbocycles. The van der Waals surface area contributed by atoms with Crippen LogP contribution in [0.25, 0.3) is 0 Å². The number of rotatable bonds is 5. The Labute approximate surface area is 159 Å². The Balaban J connectivity index is 0.00000105. The maximum absolute atomic E-state index is 12.2. The summed E-state index contributed by atoms with van der Waals surface area (Å²) in [6.07, 6.45) is 3.51. The van der Waals surface area contributed by atoms with Gasteiger partial charge < -0.3 is 15.4 Å². The number of allylic oxidation sites excluding steroid dienone is 1. The summed E-state index contributed by atoms with van der Waals surface area (Å²) in [5.74, 6) is 1.29.